The molecule has 0 spiro atoms. The van der Waals surface area contributed by atoms with Gasteiger partial charge in [0.15, 0.2) is 0 Å². The van der Waals surface area contributed by atoms with Gasteiger partial charge in [-0.1, -0.05) is 12.1 Å². The van der Waals surface area contributed by atoms with Crippen LogP contribution in [0.1, 0.15) is 24.4 Å². The second-order valence-corrected chi connectivity index (χ2v) is 4.76. The molecule has 2 N–H and O–H groups in total. The number of halogens is 1. The first-order chi connectivity index (χ1) is 8.75. The van der Waals surface area contributed by atoms with Crippen LogP contribution in [0.4, 0.5) is 4.39 Å². The van der Waals surface area contributed by atoms with Crippen LogP contribution in [0, 0.1) is 5.82 Å². The number of nitrogens with zero attached hydrogens (tertiary/aromatic N) is 1. The average Bonchev–Trinajstić information content (AvgIpc) is 2.64. The van der Waals surface area contributed by atoms with E-state index in [9.17, 15) is 4.39 Å². The summed E-state index contributed by atoms with van der Waals surface area (Å²) in [5.74, 6) is -0.217. The van der Waals surface area contributed by atoms with Gasteiger partial charge >= 0.3 is 0 Å². The predicted octanol–water partition coefficient (Wildman–Crippen LogP) is 1.94. The van der Waals surface area contributed by atoms with Crippen LogP contribution in [0.5, 0.6) is 0 Å². The van der Waals surface area contributed by atoms with Crippen LogP contribution in [0.25, 0.3) is 0 Å². The molecule has 0 saturated carbocycles. The third-order valence-electron chi connectivity index (χ3n) is 3.35. The molecule has 1 atom stereocenters. The Morgan fingerprint density at radius 3 is 3.06 bits per heavy atom. The summed E-state index contributed by atoms with van der Waals surface area (Å²) < 4.78 is 18.5. The lowest BCUT2D eigenvalue weighted by Gasteiger charge is -2.21. The van der Waals surface area contributed by atoms with E-state index in [2.05, 4.69) is 4.90 Å². The zero-order valence-electron chi connectivity index (χ0n) is 10.6. The fourth-order valence-corrected chi connectivity index (χ4v) is 2.25. The Balaban J connectivity index is 1.82. The summed E-state index contributed by atoms with van der Waals surface area (Å²) in [5.41, 5.74) is 6.97. The van der Waals surface area contributed by atoms with Crippen molar-refractivity contribution < 1.29 is 9.13 Å². The topological polar surface area (TPSA) is 38.5 Å². The zero-order chi connectivity index (χ0) is 12.8. The van der Waals surface area contributed by atoms with E-state index >= 15 is 0 Å². The highest BCUT2D eigenvalue weighted by molar-refractivity contribution is 5.19. The quantitative estimate of drug-likeness (QED) is 0.890. The minimum absolute atomic E-state index is 0.0927. The lowest BCUT2D eigenvalue weighted by atomic mass is 10.0. The largest absolute Gasteiger partial charge is 0.380 e. The van der Waals surface area contributed by atoms with Crippen molar-refractivity contribution in [2.45, 2.75) is 18.9 Å². The first-order valence-electron chi connectivity index (χ1n) is 6.57. The second-order valence-electron chi connectivity index (χ2n) is 4.76. The molecule has 1 unspecified atom stereocenters. The van der Waals surface area contributed by atoms with E-state index in [1.54, 1.807) is 6.07 Å². The summed E-state index contributed by atoms with van der Waals surface area (Å²) >= 11 is 0. The van der Waals surface area contributed by atoms with E-state index in [4.69, 9.17) is 10.5 Å². The van der Waals surface area contributed by atoms with Crippen LogP contribution in [-0.4, -0.2) is 37.7 Å². The number of benzene rings is 1. The molecule has 2 rings (SSSR count). The Hall–Kier alpha value is -0.970. The van der Waals surface area contributed by atoms with Gasteiger partial charge < -0.3 is 15.4 Å². The number of rotatable bonds is 4. The highest BCUT2D eigenvalue weighted by Crippen LogP contribution is 2.16. The third kappa shape index (κ3) is 4.05. The fourth-order valence-electron chi connectivity index (χ4n) is 2.25. The first-order valence-corrected chi connectivity index (χ1v) is 6.57. The molecule has 0 radical (unpaired) electrons. The van der Waals surface area contributed by atoms with Gasteiger partial charge in [-0.05, 0) is 30.5 Å². The molecule has 1 aliphatic rings. The Morgan fingerprint density at radius 2 is 2.22 bits per heavy atom. The summed E-state index contributed by atoms with van der Waals surface area (Å²) in [5, 5.41) is 0. The molecule has 4 heteroatoms. The molecule has 1 fully saturated rings. The number of hydrogen-bond donors (Lipinski definition) is 1. The summed E-state index contributed by atoms with van der Waals surface area (Å²) in [6.45, 7) is 4.63. The van der Waals surface area contributed by atoms with Crippen molar-refractivity contribution in [2.24, 2.45) is 5.73 Å². The summed E-state index contributed by atoms with van der Waals surface area (Å²) in [6.07, 6.45) is 1.93. The van der Waals surface area contributed by atoms with E-state index in [-0.39, 0.29) is 11.9 Å². The Bertz CT molecular complexity index is 365. The van der Waals surface area contributed by atoms with Crippen LogP contribution in [0.3, 0.4) is 0 Å². The van der Waals surface area contributed by atoms with Gasteiger partial charge in [0.25, 0.3) is 0 Å². The van der Waals surface area contributed by atoms with Gasteiger partial charge in [-0.2, -0.15) is 0 Å². The number of hydrogen-bond acceptors (Lipinski definition) is 3. The fraction of sp³-hybridized carbons (Fsp3) is 0.571. The molecular weight excluding hydrogens is 231 g/mol. The average molecular weight is 252 g/mol. The number of nitrogens with two attached hydrogens (primary N) is 1. The van der Waals surface area contributed by atoms with Crippen LogP contribution in [-0.2, 0) is 4.74 Å². The molecule has 1 saturated heterocycles. The highest BCUT2D eigenvalue weighted by atomic mass is 19.1. The maximum absolute atomic E-state index is 13.1. The molecule has 0 amide bonds. The SMILES string of the molecule is NC(CCN1CCCOCC1)c1cccc(F)c1. The maximum atomic E-state index is 13.1. The predicted molar refractivity (Wildman–Crippen MR) is 69.8 cm³/mol. The summed E-state index contributed by atoms with van der Waals surface area (Å²) in [7, 11) is 0. The van der Waals surface area contributed by atoms with E-state index in [1.165, 1.54) is 12.1 Å². The lowest BCUT2D eigenvalue weighted by molar-refractivity contribution is 0.141. The van der Waals surface area contributed by atoms with Gasteiger partial charge in [0.05, 0.1) is 6.61 Å². The zero-order valence-corrected chi connectivity index (χ0v) is 10.6. The van der Waals surface area contributed by atoms with E-state index in [1.807, 2.05) is 6.07 Å². The first kappa shape index (κ1) is 13.5. The van der Waals surface area contributed by atoms with E-state index < -0.39 is 0 Å². The number of ether oxygens (including phenoxy) is 1. The second kappa shape index (κ2) is 6.83. The van der Waals surface area contributed by atoms with Crippen LogP contribution in [0.2, 0.25) is 0 Å². The molecule has 0 aliphatic carbocycles. The minimum Gasteiger partial charge on any atom is -0.380 e. The molecular formula is C14H21FN2O. The van der Waals surface area contributed by atoms with Crippen molar-refractivity contribution in [3.63, 3.8) is 0 Å². The molecule has 100 valence electrons. The smallest absolute Gasteiger partial charge is 0.123 e. The molecule has 1 aromatic carbocycles. The minimum atomic E-state index is -0.217. The standard InChI is InChI=1S/C14H21FN2O/c15-13-4-1-3-12(11-13)14(16)5-7-17-6-2-9-18-10-8-17/h1,3-4,11,14H,2,5-10,16H2. The molecule has 1 aliphatic heterocycles. The Morgan fingerprint density at radius 1 is 1.33 bits per heavy atom. The van der Waals surface area contributed by atoms with Gasteiger partial charge in [-0.3, -0.25) is 0 Å². The lowest BCUT2D eigenvalue weighted by Crippen LogP contribution is -2.29. The van der Waals surface area contributed by atoms with Crippen molar-refractivity contribution in [2.75, 3.05) is 32.8 Å². The van der Waals surface area contributed by atoms with Gasteiger partial charge in [-0.15, -0.1) is 0 Å². The third-order valence-corrected chi connectivity index (χ3v) is 3.35. The van der Waals surface area contributed by atoms with Crippen molar-refractivity contribution in [1.82, 2.24) is 4.90 Å². The van der Waals surface area contributed by atoms with Crippen molar-refractivity contribution in [3.8, 4) is 0 Å². The molecule has 1 heterocycles. The summed E-state index contributed by atoms with van der Waals surface area (Å²) in [6, 6.07) is 6.48. The van der Waals surface area contributed by atoms with Gasteiger partial charge in [0.2, 0.25) is 0 Å². The van der Waals surface area contributed by atoms with Gasteiger partial charge in [0, 0.05) is 32.3 Å². The monoisotopic (exact) mass is 252 g/mol. The van der Waals surface area contributed by atoms with Crippen molar-refractivity contribution in [3.05, 3.63) is 35.6 Å². The molecule has 18 heavy (non-hydrogen) atoms. The Kier molecular flexibility index (Phi) is 5.11. The van der Waals surface area contributed by atoms with Gasteiger partial charge in [-0.25, -0.2) is 4.39 Å². The van der Waals surface area contributed by atoms with Gasteiger partial charge in [0.1, 0.15) is 5.82 Å². The highest BCUT2D eigenvalue weighted by Gasteiger charge is 2.12. The molecule has 3 nitrogen and oxygen atoms in total. The molecule has 0 bridgehead atoms. The van der Waals surface area contributed by atoms with Crippen molar-refractivity contribution >= 4 is 0 Å². The van der Waals surface area contributed by atoms with E-state index in [0.29, 0.717) is 0 Å². The van der Waals surface area contributed by atoms with E-state index in [0.717, 1.165) is 51.3 Å². The Labute approximate surface area is 108 Å². The molecule has 1 aromatic rings. The normalized spacial score (nSPS) is 19.4. The van der Waals surface area contributed by atoms with Crippen LogP contribution in [0.15, 0.2) is 24.3 Å². The van der Waals surface area contributed by atoms with Crippen LogP contribution < -0.4 is 5.73 Å². The maximum Gasteiger partial charge on any atom is 0.123 e. The van der Waals surface area contributed by atoms with Crippen molar-refractivity contribution in [1.29, 1.82) is 0 Å². The van der Waals surface area contributed by atoms with Crippen LogP contribution >= 0.6 is 0 Å². The molecule has 0 aromatic heterocycles. The summed E-state index contributed by atoms with van der Waals surface area (Å²) in [4.78, 5) is 2.37.